The normalized spacial score (nSPS) is 20.7. The van der Waals surface area contributed by atoms with Crippen LogP contribution in [0.25, 0.3) is 0 Å². The van der Waals surface area contributed by atoms with Gasteiger partial charge in [0.25, 0.3) is 0 Å². The first-order valence-corrected chi connectivity index (χ1v) is 6.85. The van der Waals surface area contributed by atoms with Crippen molar-refractivity contribution in [1.82, 2.24) is 10.2 Å². The van der Waals surface area contributed by atoms with Crippen molar-refractivity contribution in [2.45, 2.75) is 12.5 Å². The Bertz CT molecular complexity index is 421. The maximum atomic E-state index is 9.81. The van der Waals surface area contributed by atoms with Crippen LogP contribution < -0.4 is 5.32 Å². The molecule has 18 heavy (non-hydrogen) atoms. The summed E-state index contributed by atoms with van der Waals surface area (Å²) >= 11 is 12.0. The summed E-state index contributed by atoms with van der Waals surface area (Å²) in [6.07, 6.45) is 0. The van der Waals surface area contributed by atoms with Crippen LogP contribution in [-0.4, -0.2) is 42.8 Å². The average molecular weight is 289 g/mol. The zero-order valence-corrected chi connectivity index (χ0v) is 11.9. The van der Waals surface area contributed by atoms with E-state index in [9.17, 15) is 5.11 Å². The Hall–Kier alpha value is -0.320. The van der Waals surface area contributed by atoms with E-state index in [0.717, 1.165) is 31.7 Å². The number of aliphatic hydroxyl groups excluding tert-OH is 1. The largest absolute Gasteiger partial charge is 0.394 e. The molecule has 1 aromatic carbocycles. The minimum absolute atomic E-state index is 0.0605. The molecular formula is C13H18Cl2N2O. The lowest BCUT2D eigenvalue weighted by Gasteiger charge is -2.43. The maximum absolute atomic E-state index is 9.81. The summed E-state index contributed by atoms with van der Waals surface area (Å²) in [5, 5.41) is 14.2. The molecule has 1 unspecified atom stereocenters. The van der Waals surface area contributed by atoms with E-state index in [1.807, 2.05) is 19.1 Å². The van der Waals surface area contributed by atoms with Crippen molar-refractivity contribution in [2.24, 2.45) is 0 Å². The molecule has 100 valence electrons. The van der Waals surface area contributed by atoms with Gasteiger partial charge in [-0.15, -0.1) is 0 Å². The van der Waals surface area contributed by atoms with Gasteiger partial charge in [0.15, 0.2) is 0 Å². The molecule has 0 aromatic heterocycles. The Labute approximate surface area is 118 Å². The minimum Gasteiger partial charge on any atom is -0.394 e. The van der Waals surface area contributed by atoms with Crippen LogP contribution in [0.3, 0.4) is 0 Å². The average Bonchev–Trinajstić information content (AvgIpc) is 2.42. The second-order valence-corrected chi connectivity index (χ2v) is 5.61. The highest BCUT2D eigenvalue weighted by molar-refractivity contribution is 6.42. The molecular weight excluding hydrogens is 271 g/mol. The van der Waals surface area contributed by atoms with E-state index < -0.39 is 5.54 Å². The molecule has 5 heteroatoms. The van der Waals surface area contributed by atoms with E-state index in [4.69, 9.17) is 23.2 Å². The number of hydrogen-bond donors (Lipinski definition) is 2. The van der Waals surface area contributed by atoms with Crippen molar-refractivity contribution in [3.63, 3.8) is 0 Å². The number of rotatable bonds is 3. The van der Waals surface area contributed by atoms with Crippen LogP contribution in [0.1, 0.15) is 12.5 Å². The standard InChI is InChI=1S/C13H18Cl2N2O/c1-13(9-18,17-6-4-16-5-7-17)10-2-3-11(14)12(15)8-10/h2-3,8,16,18H,4-7,9H2,1H3. The van der Waals surface area contributed by atoms with E-state index in [0.29, 0.717) is 10.0 Å². The van der Waals surface area contributed by atoms with Crippen LogP contribution in [0.2, 0.25) is 10.0 Å². The fraction of sp³-hybridized carbons (Fsp3) is 0.538. The Kier molecular flexibility index (Phi) is 4.51. The second kappa shape index (κ2) is 5.76. The van der Waals surface area contributed by atoms with Crippen molar-refractivity contribution < 1.29 is 5.11 Å². The number of halogens is 2. The summed E-state index contributed by atoms with van der Waals surface area (Å²) in [5.41, 5.74) is 0.595. The number of benzene rings is 1. The van der Waals surface area contributed by atoms with E-state index in [1.165, 1.54) is 0 Å². The van der Waals surface area contributed by atoms with E-state index in [2.05, 4.69) is 10.2 Å². The predicted molar refractivity (Wildman–Crippen MR) is 75.3 cm³/mol. The molecule has 0 bridgehead atoms. The van der Waals surface area contributed by atoms with Gasteiger partial charge in [0.2, 0.25) is 0 Å². The van der Waals surface area contributed by atoms with E-state index >= 15 is 0 Å². The monoisotopic (exact) mass is 288 g/mol. The van der Waals surface area contributed by atoms with Crippen LogP contribution >= 0.6 is 23.2 Å². The summed E-state index contributed by atoms with van der Waals surface area (Å²) in [6.45, 7) is 5.81. The minimum atomic E-state index is -0.406. The molecule has 1 aromatic rings. The van der Waals surface area contributed by atoms with Gasteiger partial charge in [0.05, 0.1) is 22.2 Å². The summed E-state index contributed by atoms with van der Waals surface area (Å²) in [4.78, 5) is 2.28. The second-order valence-electron chi connectivity index (χ2n) is 4.80. The molecule has 0 spiro atoms. The topological polar surface area (TPSA) is 35.5 Å². The fourth-order valence-electron chi connectivity index (χ4n) is 2.36. The highest BCUT2D eigenvalue weighted by Crippen LogP contribution is 2.32. The molecule has 1 heterocycles. The first-order valence-electron chi connectivity index (χ1n) is 6.10. The molecule has 1 aliphatic rings. The smallest absolute Gasteiger partial charge is 0.0666 e. The van der Waals surface area contributed by atoms with Crippen molar-refractivity contribution >= 4 is 23.2 Å². The molecule has 1 aliphatic heterocycles. The van der Waals surface area contributed by atoms with Gasteiger partial charge in [-0.1, -0.05) is 29.3 Å². The van der Waals surface area contributed by atoms with Crippen LogP contribution in [-0.2, 0) is 5.54 Å². The summed E-state index contributed by atoms with van der Waals surface area (Å²) in [7, 11) is 0. The Balaban J connectivity index is 2.32. The van der Waals surface area contributed by atoms with E-state index in [-0.39, 0.29) is 6.61 Å². The number of nitrogens with zero attached hydrogens (tertiary/aromatic N) is 1. The molecule has 0 radical (unpaired) electrons. The van der Waals surface area contributed by atoms with Gasteiger partial charge in [-0.3, -0.25) is 4.90 Å². The van der Waals surface area contributed by atoms with Gasteiger partial charge in [-0.2, -0.15) is 0 Å². The van der Waals surface area contributed by atoms with Crippen LogP contribution in [0.15, 0.2) is 18.2 Å². The van der Waals surface area contributed by atoms with Crippen LogP contribution in [0, 0.1) is 0 Å². The maximum Gasteiger partial charge on any atom is 0.0666 e. The van der Waals surface area contributed by atoms with Gasteiger partial charge in [0.1, 0.15) is 0 Å². The third-order valence-electron chi connectivity index (χ3n) is 3.66. The molecule has 3 nitrogen and oxygen atoms in total. The first-order chi connectivity index (χ1) is 8.58. The van der Waals surface area contributed by atoms with Crippen molar-refractivity contribution in [3.8, 4) is 0 Å². The molecule has 2 N–H and O–H groups in total. The third kappa shape index (κ3) is 2.65. The number of nitrogens with one attached hydrogen (secondary N) is 1. The molecule has 1 saturated heterocycles. The summed E-state index contributed by atoms with van der Waals surface area (Å²) in [6, 6.07) is 5.57. The first kappa shape index (κ1) is 14.1. The van der Waals surface area contributed by atoms with Crippen molar-refractivity contribution in [2.75, 3.05) is 32.8 Å². The van der Waals surface area contributed by atoms with Gasteiger partial charge < -0.3 is 10.4 Å². The summed E-state index contributed by atoms with van der Waals surface area (Å²) < 4.78 is 0. The van der Waals surface area contributed by atoms with Gasteiger partial charge in [0, 0.05) is 26.2 Å². The molecule has 0 amide bonds. The molecule has 1 fully saturated rings. The zero-order chi connectivity index (χ0) is 13.2. The van der Waals surface area contributed by atoms with E-state index in [1.54, 1.807) is 6.07 Å². The van der Waals surface area contributed by atoms with Gasteiger partial charge >= 0.3 is 0 Å². The van der Waals surface area contributed by atoms with Crippen molar-refractivity contribution in [1.29, 1.82) is 0 Å². The Morgan fingerprint density at radius 3 is 2.50 bits per heavy atom. The lowest BCUT2D eigenvalue weighted by atomic mass is 9.90. The van der Waals surface area contributed by atoms with Crippen molar-refractivity contribution in [3.05, 3.63) is 33.8 Å². The fourth-order valence-corrected chi connectivity index (χ4v) is 2.66. The van der Waals surface area contributed by atoms with Gasteiger partial charge in [-0.05, 0) is 24.6 Å². The number of piperazine rings is 1. The number of hydrogen-bond acceptors (Lipinski definition) is 3. The lowest BCUT2D eigenvalue weighted by molar-refractivity contribution is 0.0311. The SMILES string of the molecule is CC(CO)(c1ccc(Cl)c(Cl)c1)N1CCNCC1. The number of aliphatic hydroxyl groups is 1. The highest BCUT2D eigenvalue weighted by Gasteiger charge is 2.34. The third-order valence-corrected chi connectivity index (χ3v) is 4.40. The Morgan fingerprint density at radius 1 is 1.28 bits per heavy atom. The predicted octanol–water partition coefficient (Wildman–Crippen LogP) is 2.11. The summed E-state index contributed by atoms with van der Waals surface area (Å²) in [5.74, 6) is 0. The van der Waals surface area contributed by atoms with Crippen LogP contribution in [0.4, 0.5) is 0 Å². The highest BCUT2D eigenvalue weighted by atomic mass is 35.5. The molecule has 2 rings (SSSR count). The Morgan fingerprint density at radius 2 is 1.94 bits per heavy atom. The molecule has 1 atom stereocenters. The quantitative estimate of drug-likeness (QED) is 0.894. The van der Waals surface area contributed by atoms with Gasteiger partial charge in [-0.25, -0.2) is 0 Å². The molecule has 0 aliphatic carbocycles. The van der Waals surface area contributed by atoms with Crippen LogP contribution in [0.5, 0.6) is 0 Å². The molecule has 0 saturated carbocycles. The zero-order valence-electron chi connectivity index (χ0n) is 10.4. The lowest BCUT2D eigenvalue weighted by Crippen LogP contribution is -2.54.